The van der Waals surface area contributed by atoms with Crippen molar-refractivity contribution in [2.75, 3.05) is 6.54 Å². The Kier molecular flexibility index (Phi) is 4.31. The molecular weight excluding hydrogens is 226 g/mol. The first kappa shape index (κ1) is 13.9. The molecule has 1 heterocycles. The van der Waals surface area contributed by atoms with Crippen LogP contribution in [-0.4, -0.2) is 34.1 Å². The highest BCUT2D eigenvalue weighted by molar-refractivity contribution is 5.70. The molecule has 1 saturated carbocycles. The van der Waals surface area contributed by atoms with Crippen LogP contribution in [0.4, 0.5) is 0 Å². The Morgan fingerprint density at radius 3 is 2.22 bits per heavy atom. The average molecular weight is 253 g/mol. The summed E-state index contributed by atoms with van der Waals surface area (Å²) in [6.45, 7) is 5.43. The number of hydrogen-bond acceptors (Lipinski definition) is 2. The molecule has 0 aromatic heterocycles. The topological polar surface area (TPSA) is 40.5 Å². The van der Waals surface area contributed by atoms with Crippen LogP contribution in [-0.2, 0) is 4.79 Å². The largest absolute Gasteiger partial charge is 0.481 e. The Hall–Kier alpha value is -0.570. The molecule has 0 bridgehead atoms. The Morgan fingerprint density at radius 1 is 1.11 bits per heavy atom. The third-order valence-electron chi connectivity index (χ3n) is 4.86. The third kappa shape index (κ3) is 3.05. The first-order chi connectivity index (χ1) is 8.50. The van der Waals surface area contributed by atoms with E-state index in [0.29, 0.717) is 6.04 Å². The molecule has 2 fully saturated rings. The normalized spacial score (nSPS) is 30.9. The zero-order valence-electron chi connectivity index (χ0n) is 11.8. The Labute approximate surface area is 111 Å². The van der Waals surface area contributed by atoms with Gasteiger partial charge in [-0.3, -0.25) is 9.69 Å². The molecule has 2 aliphatic rings. The molecule has 104 valence electrons. The van der Waals surface area contributed by atoms with E-state index in [-0.39, 0.29) is 11.5 Å². The molecule has 1 saturated heterocycles. The van der Waals surface area contributed by atoms with Crippen LogP contribution in [0.1, 0.15) is 65.2 Å². The van der Waals surface area contributed by atoms with Crippen molar-refractivity contribution in [1.29, 1.82) is 0 Å². The molecule has 1 N–H and O–H groups in total. The van der Waals surface area contributed by atoms with Crippen LogP contribution in [0.5, 0.6) is 0 Å². The summed E-state index contributed by atoms with van der Waals surface area (Å²) in [6, 6.07) is 0.692. The molecule has 1 aliphatic carbocycles. The Balaban J connectivity index is 2.02. The molecule has 0 amide bonds. The van der Waals surface area contributed by atoms with Gasteiger partial charge >= 0.3 is 5.97 Å². The molecule has 0 aromatic rings. The fourth-order valence-corrected chi connectivity index (χ4v) is 3.88. The fourth-order valence-electron chi connectivity index (χ4n) is 3.88. The highest BCUT2D eigenvalue weighted by Crippen LogP contribution is 2.36. The van der Waals surface area contributed by atoms with Crippen LogP contribution < -0.4 is 0 Å². The van der Waals surface area contributed by atoms with Crippen LogP contribution in [0.15, 0.2) is 0 Å². The molecule has 18 heavy (non-hydrogen) atoms. The first-order valence-corrected chi connectivity index (χ1v) is 7.50. The van der Waals surface area contributed by atoms with Crippen molar-refractivity contribution < 1.29 is 9.90 Å². The van der Waals surface area contributed by atoms with E-state index in [1.165, 1.54) is 38.5 Å². The Bertz CT molecular complexity index is 293. The number of nitrogens with zero attached hydrogens (tertiary/aromatic N) is 1. The number of carboxylic acids is 1. The number of likely N-dealkylation sites (tertiary alicyclic amines) is 1. The van der Waals surface area contributed by atoms with Crippen molar-refractivity contribution in [3.8, 4) is 0 Å². The standard InChI is InChI=1S/C15H27NO2/c1-15(2)11-12(14(17)18)9-10-16(15)13-7-5-3-4-6-8-13/h12-13H,3-11H2,1-2H3,(H,17,18). The van der Waals surface area contributed by atoms with Crippen molar-refractivity contribution in [3.05, 3.63) is 0 Å². The van der Waals surface area contributed by atoms with E-state index in [1.54, 1.807) is 0 Å². The molecule has 0 radical (unpaired) electrons. The molecule has 3 heteroatoms. The van der Waals surface area contributed by atoms with Gasteiger partial charge in [0.15, 0.2) is 0 Å². The monoisotopic (exact) mass is 253 g/mol. The number of carbonyl (C=O) groups is 1. The van der Waals surface area contributed by atoms with Gasteiger partial charge in [0, 0.05) is 11.6 Å². The quantitative estimate of drug-likeness (QED) is 0.768. The van der Waals surface area contributed by atoms with Gasteiger partial charge in [-0.1, -0.05) is 25.7 Å². The minimum absolute atomic E-state index is 0.0519. The number of aliphatic carboxylic acids is 1. The summed E-state index contributed by atoms with van der Waals surface area (Å²) in [7, 11) is 0. The van der Waals surface area contributed by atoms with Gasteiger partial charge < -0.3 is 5.11 Å². The Morgan fingerprint density at radius 2 is 1.72 bits per heavy atom. The molecule has 3 nitrogen and oxygen atoms in total. The number of hydrogen-bond donors (Lipinski definition) is 1. The van der Waals surface area contributed by atoms with Crippen molar-refractivity contribution in [2.24, 2.45) is 5.92 Å². The lowest BCUT2D eigenvalue weighted by atomic mass is 9.81. The zero-order valence-corrected chi connectivity index (χ0v) is 11.8. The van der Waals surface area contributed by atoms with E-state index in [1.807, 2.05) is 0 Å². The van der Waals surface area contributed by atoms with E-state index in [2.05, 4.69) is 18.7 Å². The highest BCUT2D eigenvalue weighted by atomic mass is 16.4. The summed E-state index contributed by atoms with van der Waals surface area (Å²) in [5.41, 5.74) is 0.0519. The van der Waals surface area contributed by atoms with Gasteiger partial charge in [-0.25, -0.2) is 0 Å². The van der Waals surface area contributed by atoms with E-state index in [9.17, 15) is 9.90 Å². The maximum Gasteiger partial charge on any atom is 0.306 e. The smallest absolute Gasteiger partial charge is 0.306 e. The second kappa shape index (κ2) is 5.60. The van der Waals surface area contributed by atoms with Crippen LogP contribution in [0.3, 0.4) is 0 Å². The number of piperidine rings is 1. The lowest BCUT2D eigenvalue weighted by Gasteiger charge is -2.48. The van der Waals surface area contributed by atoms with Crippen molar-refractivity contribution in [2.45, 2.75) is 76.8 Å². The van der Waals surface area contributed by atoms with E-state index < -0.39 is 5.97 Å². The SMILES string of the molecule is CC1(C)CC(C(=O)O)CCN1C1CCCCCC1. The van der Waals surface area contributed by atoms with E-state index in [4.69, 9.17) is 0 Å². The van der Waals surface area contributed by atoms with E-state index in [0.717, 1.165) is 19.4 Å². The second-order valence-corrected chi connectivity index (χ2v) is 6.68. The van der Waals surface area contributed by atoms with Crippen LogP contribution in [0, 0.1) is 5.92 Å². The predicted octanol–water partition coefficient (Wildman–Crippen LogP) is 3.28. The van der Waals surface area contributed by atoms with Gasteiger partial charge in [-0.05, 0) is 46.1 Å². The van der Waals surface area contributed by atoms with Crippen LogP contribution in [0.25, 0.3) is 0 Å². The molecule has 2 rings (SSSR count). The summed E-state index contributed by atoms with van der Waals surface area (Å²) in [4.78, 5) is 13.8. The van der Waals surface area contributed by atoms with Crippen molar-refractivity contribution in [1.82, 2.24) is 4.90 Å². The number of rotatable bonds is 2. The van der Waals surface area contributed by atoms with Crippen molar-refractivity contribution >= 4 is 5.97 Å². The van der Waals surface area contributed by atoms with Gasteiger partial charge in [0.25, 0.3) is 0 Å². The molecular formula is C15H27NO2. The lowest BCUT2D eigenvalue weighted by Crippen LogP contribution is -2.55. The second-order valence-electron chi connectivity index (χ2n) is 6.68. The highest BCUT2D eigenvalue weighted by Gasteiger charge is 2.40. The summed E-state index contributed by atoms with van der Waals surface area (Å²) in [5, 5.41) is 9.19. The first-order valence-electron chi connectivity index (χ1n) is 7.50. The third-order valence-corrected chi connectivity index (χ3v) is 4.86. The van der Waals surface area contributed by atoms with Gasteiger partial charge in [0.1, 0.15) is 0 Å². The minimum atomic E-state index is -0.608. The average Bonchev–Trinajstić information content (AvgIpc) is 2.56. The molecule has 0 spiro atoms. The van der Waals surface area contributed by atoms with Gasteiger partial charge in [-0.2, -0.15) is 0 Å². The minimum Gasteiger partial charge on any atom is -0.481 e. The lowest BCUT2D eigenvalue weighted by molar-refractivity contribution is -0.146. The molecule has 1 aliphatic heterocycles. The molecule has 1 atom stereocenters. The van der Waals surface area contributed by atoms with Crippen LogP contribution in [0.2, 0.25) is 0 Å². The molecule has 1 unspecified atom stereocenters. The predicted molar refractivity (Wildman–Crippen MR) is 72.6 cm³/mol. The summed E-state index contributed by atoms with van der Waals surface area (Å²) >= 11 is 0. The van der Waals surface area contributed by atoms with E-state index >= 15 is 0 Å². The summed E-state index contributed by atoms with van der Waals surface area (Å²) < 4.78 is 0. The maximum absolute atomic E-state index is 11.2. The van der Waals surface area contributed by atoms with Crippen LogP contribution >= 0.6 is 0 Å². The fraction of sp³-hybridized carbons (Fsp3) is 0.933. The number of carboxylic acid groups (broad SMARTS) is 1. The van der Waals surface area contributed by atoms with Gasteiger partial charge in [0.2, 0.25) is 0 Å². The maximum atomic E-state index is 11.2. The summed E-state index contributed by atoms with van der Waals surface area (Å²) in [6.07, 6.45) is 9.70. The zero-order chi connectivity index (χ0) is 13.2. The van der Waals surface area contributed by atoms with Gasteiger partial charge in [-0.15, -0.1) is 0 Å². The molecule has 0 aromatic carbocycles. The van der Waals surface area contributed by atoms with Crippen molar-refractivity contribution in [3.63, 3.8) is 0 Å². The van der Waals surface area contributed by atoms with Gasteiger partial charge in [0.05, 0.1) is 5.92 Å². The summed E-state index contributed by atoms with van der Waals surface area (Å²) in [5.74, 6) is -0.745.